The van der Waals surface area contributed by atoms with Gasteiger partial charge >= 0.3 is 11.9 Å². The third-order valence-electron chi connectivity index (χ3n) is 12.6. The molecule has 3 aliphatic carbocycles. The van der Waals surface area contributed by atoms with Crippen LogP contribution in [0.3, 0.4) is 0 Å². The molecule has 5 bridgehead atoms. The van der Waals surface area contributed by atoms with Gasteiger partial charge in [0.05, 0.1) is 41.5 Å². The molecule has 210 valence electrons. The number of aliphatic hydroxyl groups is 3. The van der Waals surface area contributed by atoms with Gasteiger partial charge < -0.3 is 34.3 Å². The molecule has 2 saturated carbocycles. The first-order valence-electron chi connectivity index (χ1n) is 13.8. The lowest BCUT2D eigenvalue weighted by atomic mass is 9.46. The van der Waals surface area contributed by atoms with Gasteiger partial charge in [-0.1, -0.05) is 13.0 Å². The minimum Gasteiger partial charge on any atom is -0.458 e. The number of hydrogen-bond donors (Lipinski definition) is 3. The van der Waals surface area contributed by atoms with Crippen LogP contribution in [0.2, 0.25) is 0 Å². The SMILES string of the molecule is C[C@@]12C[C@@H]3OC(=O)[C@@H]1CO[C@]14O[C@]5(C2C1=O)[C@@](O)(CCC1C4[C@H](O)C[C@@]2(O)CC=CC(=O)[C@]12C)C(=O)O[C@@]35C. The van der Waals surface area contributed by atoms with Gasteiger partial charge in [-0.25, -0.2) is 4.79 Å². The van der Waals surface area contributed by atoms with Crippen LogP contribution in [0.4, 0.5) is 0 Å². The lowest BCUT2D eigenvalue weighted by Gasteiger charge is -2.64. The first-order valence-corrected chi connectivity index (χ1v) is 13.8. The molecule has 39 heavy (non-hydrogen) atoms. The minimum atomic E-state index is -2.34. The van der Waals surface area contributed by atoms with Crippen molar-refractivity contribution in [2.75, 3.05) is 6.61 Å². The minimum absolute atomic E-state index is 0.00259. The van der Waals surface area contributed by atoms with E-state index in [2.05, 4.69) is 0 Å². The summed E-state index contributed by atoms with van der Waals surface area (Å²) in [6.45, 7) is 4.68. The number of carbonyl (C=O) groups is 4. The Morgan fingerprint density at radius 3 is 2.54 bits per heavy atom. The second-order valence-corrected chi connectivity index (χ2v) is 13.8. The van der Waals surface area contributed by atoms with Crippen LogP contribution in [0.25, 0.3) is 0 Å². The number of rotatable bonds is 0. The highest BCUT2D eigenvalue weighted by Crippen LogP contribution is 2.75. The van der Waals surface area contributed by atoms with Crippen LogP contribution in [0.5, 0.6) is 0 Å². The Balaban J connectivity index is 1.44. The van der Waals surface area contributed by atoms with Crippen molar-refractivity contribution >= 4 is 23.5 Å². The van der Waals surface area contributed by atoms with Crippen LogP contribution >= 0.6 is 0 Å². The molecule has 2 spiro atoms. The number of ketones is 2. The summed E-state index contributed by atoms with van der Waals surface area (Å²) in [5.74, 6) is -8.83. The Morgan fingerprint density at radius 1 is 1.05 bits per heavy atom. The third-order valence-corrected chi connectivity index (χ3v) is 12.6. The standard InChI is InChI=1S/C28H32O11/c1-22-10-16-24(3)28-18(22)19(31)27(39-28,36-11-13(22)20(32)37-16)17-12(6-8-26(28,35)21(33)38-24)23(2)15(30)5-4-7-25(23,34)9-14(17)29/h4-5,12-14,16-18,29,34-35H,6-11H2,1-3H3/t12?,13-,14+,16-,17?,18?,22+,23-,24-,25-,26+,27+,28-/m0/s1. The fourth-order valence-corrected chi connectivity index (χ4v) is 10.6. The first-order chi connectivity index (χ1) is 18.2. The molecule has 0 radical (unpaired) electrons. The zero-order chi connectivity index (χ0) is 27.8. The van der Waals surface area contributed by atoms with E-state index in [9.17, 15) is 34.5 Å². The van der Waals surface area contributed by atoms with Gasteiger partial charge in [0.2, 0.25) is 5.79 Å². The molecule has 0 aromatic carbocycles. The molecule has 5 saturated heterocycles. The number of allylic oxidation sites excluding steroid dienone is 1. The molecule has 8 aliphatic rings. The molecular weight excluding hydrogens is 512 g/mol. The van der Waals surface area contributed by atoms with E-state index in [0.29, 0.717) is 0 Å². The van der Waals surface area contributed by atoms with E-state index in [0.717, 1.165) is 0 Å². The molecule has 3 unspecified atom stereocenters. The summed E-state index contributed by atoms with van der Waals surface area (Å²) in [5, 5.41) is 35.9. The molecule has 11 heteroatoms. The van der Waals surface area contributed by atoms with Crippen molar-refractivity contribution in [3.8, 4) is 0 Å². The van der Waals surface area contributed by atoms with Crippen LogP contribution in [-0.4, -0.2) is 85.8 Å². The van der Waals surface area contributed by atoms with E-state index in [1.54, 1.807) is 19.9 Å². The van der Waals surface area contributed by atoms with Gasteiger partial charge in [0.15, 0.2) is 28.4 Å². The van der Waals surface area contributed by atoms with Gasteiger partial charge in [0.1, 0.15) is 6.10 Å². The predicted molar refractivity (Wildman–Crippen MR) is 125 cm³/mol. The number of hydrogen-bond acceptors (Lipinski definition) is 11. The molecular formula is C28H32O11. The Bertz CT molecular complexity index is 1330. The van der Waals surface area contributed by atoms with Crippen molar-refractivity contribution in [1.29, 1.82) is 0 Å². The quantitative estimate of drug-likeness (QED) is 0.344. The Labute approximate surface area is 223 Å². The highest BCUT2D eigenvalue weighted by atomic mass is 16.8. The molecule has 13 atom stereocenters. The zero-order valence-corrected chi connectivity index (χ0v) is 22.0. The second kappa shape index (κ2) is 6.49. The highest BCUT2D eigenvalue weighted by molar-refractivity contribution is 6.00. The number of ether oxygens (including phenoxy) is 4. The Hall–Kier alpha value is -2.18. The molecule has 11 nitrogen and oxygen atoms in total. The van der Waals surface area contributed by atoms with E-state index in [1.807, 2.05) is 0 Å². The topological polar surface area (TPSA) is 166 Å². The molecule has 0 aromatic rings. The summed E-state index contributed by atoms with van der Waals surface area (Å²) in [6, 6.07) is 0. The average molecular weight is 545 g/mol. The summed E-state index contributed by atoms with van der Waals surface area (Å²) < 4.78 is 24.8. The first kappa shape index (κ1) is 24.6. The number of esters is 2. The van der Waals surface area contributed by atoms with E-state index >= 15 is 0 Å². The molecule has 5 aliphatic heterocycles. The monoisotopic (exact) mass is 544 g/mol. The van der Waals surface area contributed by atoms with Crippen molar-refractivity contribution in [3.63, 3.8) is 0 Å². The van der Waals surface area contributed by atoms with Crippen LogP contribution in [0.1, 0.15) is 52.9 Å². The van der Waals surface area contributed by atoms with Crippen molar-refractivity contribution in [2.45, 2.75) is 93.3 Å². The maximum Gasteiger partial charge on any atom is 0.342 e. The molecule has 8 rings (SSSR count). The summed E-state index contributed by atoms with van der Waals surface area (Å²) in [6.07, 6.45) is 0.531. The van der Waals surface area contributed by atoms with Gasteiger partial charge in [0.25, 0.3) is 0 Å². The Morgan fingerprint density at radius 2 is 1.79 bits per heavy atom. The van der Waals surface area contributed by atoms with E-state index < -0.39 is 92.6 Å². The number of Topliss-reactive ketones (excluding diaryl/α,β-unsaturated/α-hetero) is 1. The lowest BCUT2D eigenvalue weighted by molar-refractivity contribution is -0.385. The van der Waals surface area contributed by atoms with E-state index in [4.69, 9.17) is 18.9 Å². The lowest BCUT2D eigenvalue weighted by Crippen LogP contribution is -2.79. The van der Waals surface area contributed by atoms with Crippen LogP contribution in [0, 0.1) is 34.5 Å². The second-order valence-electron chi connectivity index (χ2n) is 13.8. The van der Waals surface area contributed by atoms with Crippen LogP contribution in [-0.2, 0) is 38.1 Å². The van der Waals surface area contributed by atoms with Crippen molar-refractivity contribution in [3.05, 3.63) is 12.2 Å². The number of carbonyl (C=O) groups excluding carboxylic acids is 4. The number of aliphatic hydroxyl groups excluding tert-OH is 1. The molecule has 5 heterocycles. The highest BCUT2D eigenvalue weighted by Gasteiger charge is 2.93. The average Bonchev–Trinajstić information content (AvgIpc) is 3.17. The fraction of sp³-hybridized carbons (Fsp3) is 0.786. The van der Waals surface area contributed by atoms with Crippen molar-refractivity contribution in [2.24, 2.45) is 34.5 Å². The molecule has 0 amide bonds. The normalized spacial score (nSPS) is 62.0. The van der Waals surface area contributed by atoms with E-state index in [-0.39, 0.29) is 44.5 Å². The number of fused-ring (bicyclic) bond motifs is 5. The summed E-state index contributed by atoms with van der Waals surface area (Å²) in [7, 11) is 0. The summed E-state index contributed by atoms with van der Waals surface area (Å²) >= 11 is 0. The molecule has 0 aromatic heterocycles. The zero-order valence-electron chi connectivity index (χ0n) is 22.0. The van der Waals surface area contributed by atoms with Crippen molar-refractivity contribution < 1.29 is 53.4 Å². The summed E-state index contributed by atoms with van der Waals surface area (Å²) in [4.78, 5) is 55.5. The maximum atomic E-state index is 14.9. The molecule has 7 fully saturated rings. The smallest absolute Gasteiger partial charge is 0.342 e. The maximum absolute atomic E-state index is 14.9. The van der Waals surface area contributed by atoms with Gasteiger partial charge in [-0.15, -0.1) is 0 Å². The van der Waals surface area contributed by atoms with Crippen molar-refractivity contribution in [1.82, 2.24) is 0 Å². The Kier molecular flexibility index (Phi) is 4.09. The fourth-order valence-electron chi connectivity index (χ4n) is 10.6. The largest absolute Gasteiger partial charge is 0.458 e. The van der Waals surface area contributed by atoms with E-state index in [1.165, 1.54) is 13.0 Å². The van der Waals surface area contributed by atoms with Gasteiger partial charge in [-0.3, -0.25) is 14.4 Å². The predicted octanol–water partition coefficient (Wildman–Crippen LogP) is -0.277. The summed E-state index contributed by atoms with van der Waals surface area (Å²) in [5.41, 5.74) is -10.2. The van der Waals surface area contributed by atoms with Gasteiger partial charge in [0, 0.05) is 6.42 Å². The van der Waals surface area contributed by atoms with Gasteiger partial charge in [-0.05, 0) is 56.9 Å². The molecule has 3 N–H and O–H groups in total. The van der Waals surface area contributed by atoms with Crippen LogP contribution in [0.15, 0.2) is 12.2 Å². The third kappa shape index (κ3) is 2.13. The van der Waals surface area contributed by atoms with Crippen LogP contribution < -0.4 is 0 Å². The van der Waals surface area contributed by atoms with Gasteiger partial charge in [-0.2, -0.15) is 0 Å².